The van der Waals surface area contributed by atoms with E-state index >= 15 is 0 Å². The molecule has 0 saturated carbocycles. The summed E-state index contributed by atoms with van der Waals surface area (Å²) >= 11 is 0. The minimum atomic E-state index is 0.0436. The van der Waals surface area contributed by atoms with E-state index in [0.29, 0.717) is 6.04 Å². The second-order valence-corrected chi connectivity index (χ2v) is 8.79. The summed E-state index contributed by atoms with van der Waals surface area (Å²) in [6.07, 6.45) is 0. The van der Waals surface area contributed by atoms with Crippen LogP contribution in [0.3, 0.4) is 0 Å². The number of aliphatic imine (C=N–C) groups is 1. The number of hydrogen-bond acceptors (Lipinski definition) is 5. The van der Waals surface area contributed by atoms with Gasteiger partial charge in [0, 0.05) is 51.9 Å². The van der Waals surface area contributed by atoms with Crippen LogP contribution in [0.4, 0.5) is 0 Å². The van der Waals surface area contributed by atoms with Crippen molar-refractivity contribution in [2.75, 3.05) is 72.7 Å². The number of guanidine groups is 1. The minimum absolute atomic E-state index is 0.0436. The molecule has 2 aliphatic heterocycles. The number of nitrogens with zero attached hydrogens (tertiary/aromatic N) is 3. The second kappa shape index (κ2) is 11.1. The van der Waals surface area contributed by atoms with E-state index in [1.54, 1.807) is 0 Å². The highest BCUT2D eigenvalue weighted by atomic mass is 16.5. The highest BCUT2D eigenvalue weighted by Gasteiger charge is 2.28. The van der Waals surface area contributed by atoms with Gasteiger partial charge in [-0.2, -0.15) is 0 Å². The molecule has 1 aromatic rings. The molecule has 2 aliphatic rings. The molecule has 0 aliphatic carbocycles. The summed E-state index contributed by atoms with van der Waals surface area (Å²) in [6.45, 7) is 15.4. The Morgan fingerprint density at radius 2 is 1.60 bits per heavy atom. The van der Waals surface area contributed by atoms with Crippen LogP contribution in [0.2, 0.25) is 0 Å². The molecule has 2 saturated heterocycles. The fraction of sp³-hybridized carbons (Fsp3) is 0.696. The molecule has 168 valence electrons. The molecule has 30 heavy (non-hydrogen) atoms. The van der Waals surface area contributed by atoms with Gasteiger partial charge in [-0.3, -0.25) is 14.8 Å². The zero-order valence-electron chi connectivity index (χ0n) is 19.1. The quantitative estimate of drug-likeness (QED) is 0.520. The topological polar surface area (TPSA) is 61.4 Å². The van der Waals surface area contributed by atoms with Gasteiger partial charge in [0.15, 0.2) is 5.96 Å². The lowest BCUT2D eigenvalue weighted by molar-refractivity contribution is -0.00836. The van der Waals surface area contributed by atoms with Crippen molar-refractivity contribution in [1.29, 1.82) is 0 Å². The number of aryl methyl sites for hydroxylation is 1. The number of nitrogens with one attached hydrogen (secondary N) is 2. The Morgan fingerprint density at radius 1 is 1.00 bits per heavy atom. The smallest absolute Gasteiger partial charge is 0.191 e. The van der Waals surface area contributed by atoms with Crippen LogP contribution in [-0.2, 0) is 9.47 Å². The molecule has 1 aromatic carbocycles. The van der Waals surface area contributed by atoms with E-state index in [1.807, 2.05) is 7.05 Å². The van der Waals surface area contributed by atoms with Crippen LogP contribution in [-0.4, -0.2) is 94.0 Å². The van der Waals surface area contributed by atoms with Crippen molar-refractivity contribution >= 4 is 5.96 Å². The van der Waals surface area contributed by atoms with Crippen LogP contribution in [0.5, 0.6) is 0 Å². The predicted octanol–water partition coefficient (Wildman–Crippen LogP) is 1.64. The van der Waals surface area contributed by atoms with Gasteiger partial charge in [0.1, 0.15) is 0 Å². The van der Waals surface area contributed by atoms with Crippen molar-refractivity contribution in [3.05, 3.63) is 35.4 Å². The molecule has 1 unspecified atom stereocenters. The molecular weight excluding hydrogens is 378 g/mol. The van der Waals surface area contributed by atoms with E-state index in [9.17, 15) is 0 Å². The number of rotatable bonds is 7. The first kappa shape index (κ1) is 23.0. The van der Waals surface area contributed by atoms with Gasteiger partial charge >= 0.3 is 0 Å². The SMILES string of the molecule is CN=C(NCC(c1ccc(C)cc1)N1CCOCC1)NCC(C)(C)N1CCOCC1. The molecule has 3 rings (SSSR count). The highest BCUT2D eigenvalue weighted by molar-refractivity contribution is 5.79. The molecule has 0 bridgehead atoms. The van der Waals surface area contributed by atoms with Gasteiger partial charge in [-0.25, -0.2) is 0 Å². The maximum absolute atomic E-state index is 5.57. The van der Waals surface area contributed by atoms with Gasteiger partial charge in [-0.15, -0.1) is 0 Å². The lowest BCUT2D eigenvalue weighted by Gasteiger charge is -2.41. The third kappa shape index (κ3) is 6.41. The monoisotopic (exact) mass is 417 g/mol. The van der Waals surface area contributed by atoms with Crippen molar-refractivity contribution in [2.24, 2.45) is 4.99 Å². The highest BCUT2D eigenvalue weighted by Crippen LogP contribution is 2.22. The standard InChI is InChI=1S/C23H39N5O2/c1-19-5-7-20(8-6-19)21(27-9-13-29-14-10-27)17-25-22(24-4)26-18-23(2,3)28-11-15-30-16-12-28/h5-8,21H,9-18H2,1-4H3,(H2,24,25,26). The molecule has 7 heteroatoms. The first-order valence-corrected chi connectivity index (χ1v) is 11.2. The average Bonchev–Trinajstić information content (AvgIpc) is 2.78. The van der Waals surface area contributed by atoms with Crippen molar-refractivity contribution in [3.63, 3.8) is 0 Å². The summed E-state index contributed by atoms with van der Waals surface area (Å²) in [5.74, 6) is 0.849. The first-order valence-electron chi connectivity index (χ1n) is 11.2. The van der Waals surface area contributed by atoms with E-state index in [-0.39, 0.29) is 5.54 Å². The molecule has 0 amide bonds. The van der Waals surface area contributed by atoms with Crippen molar-refractivity contribution < 1.29 is 9.47 Å². The van der Waals surface area contributed by atoms with Gasteiger partial charge < -0.3 is 20.1 Å². The summed E-state index contributed by atoms with van der Waals surface area (Å²) < 4.78 is 11.1. The Balaban J connectivity index is 1.59. The van der Waals surface area contributed by atoms with E-state index in [2.05, 4.69) is 70.5 Å². The molecule has 2 N–H and O–H groups in total. The van der Waals surface area contributed by atoms with Crippen molar-refractivity contribution in [1.82, 2.24) is 20.4 Å². The zero-order valence-corrected chi connectivity index (χ0v) is 19.1. The Bertz CT molecular complexity index is 665. The lowest BCUT2D eigenvalue weighted by Crippen LogP contribution is -2.57. The largest absolute Gasteiger partial charge is 0.379 e. The van der Waals surface area contributed by atoms with Crippen LogP contribution in [0.25, 0.3) is 0 Å². The summed E-state index contributed by atoms with van der Waals surface area (Å²) in [5, 5.41) is 7.11. The molecule has 1 atom stereocenters. The number of ether oxygens (including phenoxy) is 2. The van der Waals surface area contributed by atoms with Crippen molar-refractivity contribution in [3.8, 4) is 0 Å². The summed E-state index contributed by atoms with van der Waals surface area (Å²) in [5.41, 5.74) is 2.66. The van der Waals surface area contributed by atoms with Crippen LogP contribution < -0.4 is 10.6 Å². The third-order valence-electron chi connectivity index (χ3n) is 6.19. The normalized spacial score (nSPS) is 20.7. The maximum atomic E-state index is 5.57. The number of morpholine rings is 2. The molecule has 7 nitrogen and oxygen atoms in total. The Hall–Kier alpha value is -1.67. The molecule has 0 spiro atoms. The Morgan fingerprint density at radius 3 is 2.20 bits per heavy atom. The van der Waals surface area contributed by atoms with Gasteiger partial charge in [0.2, 0.25) is 0 Å². The number of benzene rings is 1. The number of hydrogen-bond donors (Lipinski definition) is 2. The van der Waals surface area contributed by atoms with Gasteiger partial charge in [-0.1, -0.05) is 29.8 Å². The summed E-state index contributed by atoms with van der Waals surface area (Å²) in [4.78, 5) is 9.46. The molecule has 0 aromatic heterocycles. The first-order chi connectivity index (χ1) is 14.5. The minimum Gasteiger partial charge on any atom is -0.379 e. The fourth-order valence-electron chi connectivity index (χ4n) is 4.13. The Labute approximate surface area is 181 Å². The van der Waals surface area contributed by atoms with Gasteiger partial charge in [0.05, 0.1) is 32.5 Å². The average molecular weight is 418 g/mol. The lowest BCUT2D eigenvalue weighted by atomic mass is 10.0. The van der Waals surface area contributed by atoms with Crippen LogP contribution >= 0.6 is 0 Å². The van der Waals surface area contributed by atoms with Crippen molar-refractivity contribution in [2.45, 2.75) is 32.4 Å². The maximum Gasteiger partial charge on any atom is 0.191 e. The molecule has 2 fully saturated rings. The summed E-state index contributed by atoms with van der Waals surface area (Å²) in [6, 6.07) is 9.17. The molecule has 2 heterocycles. The van der Waals surface area contributed by atoms with Crippen LogP contribution in [0, 0.1) is 6.92 Å². The van der Waals surface area contributed by atoms with E-state index in [1.165, 1.54) is 11.1 Å². The van der Waals surface area contributed by atoms with E-state index < -0.39 is 0 Å². The van der Waals surface area contributed by atoms with Gasteiger partial charge in [-0.05, 0) is 26.3 Å². The summed E-state index contributed by atoms with van der Waals surface area (Å²) in [7, 11) is 1.84. The Kier molecular flexibility index (Phi) is 8.50. The van der Waals surface area contributed by atoms with E-state index in [4.69, 9.17) is 9.47 Å². The van der Waals surface area contributed by atoms with Crippen LogP contribution in [0.15, 0.2) is 29.3 Å². The second-order valence-electron chi connectivity index (χ2n) is 8.79. The predicted molar refractivity (Wildman–Crippen MR) is 122 cm³/mol. The third-order valence-corrected chi connectivity index (χ3v) is 6.19. The molecular formula is C23H39N5O2. The van der Waals surface area contributed by atoms with Crippen LogP contribution in [0.1, 0.15) is 31.0 Å². The fourth-order valence-corrected chi connectivity index (χ4v) is 4.13. The zero-order chi connectivity index (χ0) is 21.4. The van der Waals surface area contributed by atoms with E-state index in [0.717, 1.165) is 71.7 Å². The molecule has 0 radical (unpaired) electrons. The van der Waals surface area contributed by atoms with Gasteiger partial charge in [0.25, 0.3) is 0 Å².